The molecular formula is C37H52N12O7S. The third-order valence-corrected chi connectivity index (χ3v) is 9.12. The number of benzene rings is 2. The lowest BCUT2D eigenvalue weighted by Gasteiger charge is -2.27. The van der Waals surface area contributed by atoms with E-state index < -0.39 is 78.0 Å². The SMILES string of the molecule is [2H]C(=O)[C@H](CCC(N)=O)NN[C@@H](C)C(=O)NC(Cc1ccccc1)C(=O)N[C@@H](CCCN=C(N)N)C(=O)NC(Cc1c[nH]c2ccccc12)C(=O)N[C@@H](CS)C(N)=O. The van der Waals surface area contributed by atoms with Crippen molar-refractivity contribution in [2.24, 2.45) is 27.9 Å². The molecule has 6 amide bonds. The number of guanidine groups is 1. The number of carbonyl (C=O) groups excluding carboxylic acids is 7. The third kappa shape index (κ3) is 15.2. The Morgan fingerprint density at radius 3 is 2.02 bits per heavy atom. The molecule has 57 heavy (non-hydrogen) atoms. The molecule has 1 heterocycles. The Morgan fingerprint density at radius 1 is 0.789 bits per heavy atom. The van der Waals surface area contributed by atoms with Crippen LogP contribution in [0.15, 0.2) is 65.8 Å². The molecule has 0 aliphatic heterocycles. The topological polar surface area (TPSA) is 324 Å². The van der Waals surface area contributed by atoms with Crippen LogP contribution in [0.4, 0.5) is 0 Å². The fourth-order valence-corrected chi connectivity index (χ4v) is 5.89. The predicted octanol–water partition coefficient (Wildman–Crippen LogP) is -2.32. The van der Waals surface area contributed by atoms with Gasteiger partial charge in [0.1, 0.15) is 31.8 Å². The number of carbonyl (C=O) groups is 7. The minimum absolute atomic E-state index is 0.00193. The van der Waals surface area contributed by atoms with Crippen LogP contribution in [-0.4, -0.2) is 101 Å². The summed E-state index contributed by atoms with van der Waals surface area (Å²) in [6, 6.07) is 8.98. The van der Waals surface area contributed by atoms with Gasteiger partial charge in [0.25, 0.3) is 0 Å². The maximum Gasteiger partial charge on any atom is 0.243 e. The quantitative estimate of drug-likeness (QED) is 0.0108. The maximum absolute atomic E-state index is 14.1. The highest BCUT2D eigenvalue weighted by atomic mass is 32.1. The number of hydrogen-bond donors (Lipinski definition) is 12. The zero-order valence-corrected chi connectivity index (χ0v) is 32.4. The lowest BCUT2D eigenvalue weighted by atomic mass is 10.0. The van der Waals surface area contributed by atoms with Crippen molar-refractivity contribution >= 4 is 71.2 Å². The standard InChI is InChI=1S/C37H52N12O7S/c1-21(48-49-24(19-50)13-14-31(38)51)33(53)45-28(16-22-8-3-2-4-9-22)35(55)44-27(12-7-15-42-37(40)41)34(54)46-29(36(56)47-30(20-57)32(39)52)17-23-18-43-26-11-6-5-10-25(23)26/h2-6,8-11,18-19,21,24,27-30,43,48-49,57H,7,12-17,20H2,1H3,(H2,38,51)(H2,39,52)(H,44,55)(H,45,53)(H,46,54)(H,47,56)(H4,40,41,42)/t21-,24-,27-,28?,29?,30-/m0/s1/i19D. The Balaban J connectivity index is 1.89. The molecule has 0 fully saturated rings. The Morgan fingerprint density at radius 2 is 1.39 bits per heavy atom. The van der Waals surface area contributed by atoms with Gasteiger partial charge in [0.15, 0.2) is 5.96 Å². The number of amides is 6. The second kappa shape index (κ2) is 23.2. The number of hydrogen-bond acceptors (Lipinski definition) is 11. The number of H-pyrrole nitrogens is 1. The number of para-hydroxylation sites is 1. The van der Waals surface area contributed by atoms with Gasteiger partial charge in [-0.25, -0.2) is 10.9 Å². The number of aromatic amines is 1. The Kier molecular flexibility index (Phi) is 17.8. The summed E-state index contributed by atoms with van der Waals surface area (Å²) >= 11 is 4.11. The second-order valence-electron chi connectivity index (χ2n) is 13.2. The highest BCUT2D eigenvalue weighted by Crippen LogP contribution is 2.19. The molecule has 1 aromatic heterocycles. The van der Waals surface area contributed by atoms with Crippen LogP contribution in [0.25, 0.3) is 10.9 Å². The normalized spacial score (nSPS) is 14.4. The van der Waals surface area contributed by atoms with Gasteiger partial charge in [0, 0.05) is 48.7 Å². The fraction of sp³-hybridized carbons (Fsp3) is 0.405. The van der Waals surface area contributed by atoms with Crippen molar-refractivity contribution < 1.29 is 34.9 Å². The summed E-state index contributed by atoms with van der Waals surface area (Å²) in [5.41, 5.74) is 28.9. The molecule has 0 radical (unpaired) electrons. The van der Waals surface area contributed by atoms with Crippen LogP contribution in [0.1, 0.15) is 45.1 Å². The van der Waals surface area contributed by atoms with E-state index in [0.29, 0.717) is 11.1 Å². The summed E-state index contributed by atoms with van der Waals surface area (Å²) < 4.78 is 7.46. The van der Waals surface area contributed by atoms with Gasteiger partial charge in [-0.2, -0.15) is 12.6 Å². The van der Waals surface area contributed by atoms with Crippen molar-refractivity contribution in [3.63, 3.8) is 0 Å². The molecule has 6 atom stereocenters. The highest BCUT2D eigenvalue weighted by molar-refractivity contribution is 7.80. The van der Waals surface area contributed by atoms with Crippen LogP contribution >= 0.6 is 12.6 Å². The van der Waals surface area contributed by atoms with E-state index >= 15 is 0 Å². The highest BCUT2D eigenvalue weighted by Gasteiger charge is 2.32. The van der Waals surface area contributed by atoms with Gasteiger partial charge < -0.3 is 54.0 Å². The van der Waals surface area contributed by atoms with E-state index in [9.17, 15) is 33.6 Å². The number of thiol groups is 1. The minimum Gasteiger partial charge on any atom is -0.370 e. The predicted molar refractivity (Wildman–Crippen MR) is 217 cm³/mol. The van der Waals surface area contributed by atoms with E-state index in [4.69, 9.17) is 24.3 Å². The lowest BCUT2D eigenvalue weighted by molar-refractivity contribution is -0.134. The first-order valence-electron chi connectivity index (χ1n) is 18.6. The Bertz CT molecular complexity index is 1930. The smallest absolute Gasteiger partial charge is 0.243 e. The lowest BCUT2D eigenvalue weighted by Crippen LogP contribution is -2.60. The van der Waals surface area contributed by atoms with E-state index in [1.807, 2.05) is 24.3 Å². The van der Waals surface area contributed by atoms with Crippen molar-refractivity contribution in [1.29, 1.82) is 0 Å². The number of aliphatic imine (C=N–C) groups is 1. The molecule has 0 saturated heterocycles. The van der Waals surface area contributed by atoms with Gasteiger partial charge in [-0.05, 0) is 43.4 Å². The number of nitrogens with one attached hydrogen (secondary N) is 7. The van der Waals surface area contributed by atoms with Crippen LogP contribution in [-0.2, 0) is 46.4 Å². The third-order valence-electron chi connectivity index (χ3n) is 8.76. The zero-order chi connectivity index (χ0) is 42.8. The first-order chi connectivity index (χ1) is 27.6. The van der Waals surface area contributed by atoms with Gasteiger partial charge in [-0.15, -0.1) is 0 Å². The van der Waals surface area contributed by atoms with Gasteiger partial charge in [0.2, 0.25) is 35.4 Å². The van der Waals surface area contributed by atoms with E-state index in [1.54, 1.807) is 36.5 Å². The van der Waals surface area contributed by atoms with Crippen LogP contribution in [0, 0.1) is 0 Å². The van der Waals surface area contributed by atoms with Crippen molar-refractivity contribution in [1.82, 2.24) is 37.1 Å². The van der Waals surface area contributed by atoms with Gasteiger partial charge >= 0.3 is 0 Å². The van der Waals surface area contributed by atoms with Crippen molar-refractivity contribution in [2.45, 2.75) is 81.7 Å². The zero-order valence-electron chi connectivity index (χ0n) is 32.5. The molecule has 3 aromatic rings. The van der Waals surface area contributed by atoms with E-state index in [1.165, 1.54) is 6.92 Å². The number of aromatic nitrogens is 1. The van der Waals surface area contributed by atoms with E-state index in [-0.39, 0.29) is 56.8 Å². The molecule has 2 unspecified atom stereocenters. The van der Waals surface area contributed by atoms with Gasteiger partial charge in [-0.3, -0.25) is 33.8 Å². The van der Waals surface area contributed by atoms with E-state index in [2.05, 4.69) is 54.7 Å². The fourth-order valence-electron chi connectivity index (χ4n) is 5.62. The largest absolute Gasteiger partial charge is 0.370 e. The van der Waals surface area contributed by atoms with Crippen LogP contribution in [0.5, 0.6) is 0 Å². The molecule has 0 saturated carbocycles. The molecule has 15 N–H and O–H groups in total. The maximum atomic E-state index is 14.1. The molecule has 0 bridgehead atoms. The number of hydrazine groups is 1. The summed E-state index contributed by atoms with van der Waals surface area (Å²) in [5, 5.41) is 11.4. The molecule has 2 aromatic carbocycles. The second-order valence-corrected chi connectivity index (χ2v) is 13.6. The Labute approximate surface area is 336 Å². The molecule has 19 nitrogen and oxygen atoms in total. The summed E-state index contributed by atoms with van der Waals surface area (Å²) in [6.07, 6.45) is 0.585. The molecule has 0 aliphatic rings. The Hall–Kier alpha value is -5.99. The van der Waals surface area contributed by atoms with Crippen molar-refractivity contribution in [2.75, 3.05) is 12.3 Å². The average Bonchev–Trinajstić information content (AvgIpc) is 3.59. The van der Waals surface area contributed by atoms with Crippen molar-refractivity contribution in [3.8, 4) is 0 Å². The number of rotatable bonds is 25. The molecular weight excluding hydrogens is 757 g/mol. The number of nitrogens with zero attached hydrogens (tertiary/aromatic N) is 1. The minimum atomic E-state index is -1.28. The number of aldehydes is 1. The summed E-state index contributed by atoms with van der Waals surface area (Å²) in [6.45, 7) is 1.54. The molecule has 308 valence electrons. The van der Waals surface area contributed by atoms with E-state index in [0.717, 1.165) is 10.9 Å². The van der Waals surface area contributed by atoms with Crippen molar-refractivity contribution in [3.05, 3.63) is 71.9 Å². The molecule has 3 rings (SSSR count). The number of fused-ring (bicyclic) bond motifs is 1. The molecule has 0 spiro atoms. The monoisotopic (exact) mass is 809 g/mol. The van der Waals surface area contributed by atoms with Crippen LogP contribution < -0.4 is 55.1 Å². The summed E-state index contributed by atoms with van der Waals surface area (Å²) in [5.74, 6) is -4.70. The van der Waals surface area contributed by atoms with Crippen LogP contribution in [0.2, 0.25) is 0 Å². The molecule has 0 aliphatic carbocycles. The van der Waals surface area contributed by atoms with Gasteiger partial charge in [0.05, 0.1) is 12.1 Å². The number of primary amides is 2. The first kappa shape index (κ1) is 43.7. The average molecular weight is 810 g/mol. The summed E-state index contributed by atoms with van der Waals surface area (Å²) in [7, 11) is 0. The number of nitrogens with two attached hydrogens (primary N) is 4. The first-order valence-corrected chi connectivity index (χ1v) is 18.8. The summed E-state index contributed by atoms with van der Waals surface area (Å²) in [4.78, 5) is 97.4. The molecule has 20 heteroatoms. The van der Waals surface area contributed by atoms with Gasteiger partial charge in [-0.1, -0.05) is 48.5 Å². The van der Waals surface area contributed by atoms with Crippen LogP contribution in [0.3, 0.4) is 0 Å².